The van der Waals surface area contributed by atoms with Crippen LogP contribution in [0.25, 0.3) is 0 Å². The van der Waals surface area contributed by atoms with Gasteiger partial charge in [-0.1, -0.05) is 29.4 Å². The lowest BCUT2D eigenvalue weighted by molar-refractivity contribution is -0.123. The molecule has 3 rings (SSSR count). The third kappa shape index (κ3) is 3.66. The van der Waals surface area contributed by atoms with Crippen LogP contribution in [0.3, 0.4) is 0 Å². The van der Waals surface area contributed by atoms with Crippen molar-refractivity contribution in [3.8, 4) is 0 Å². The van der Waals surface area contributed by atoms with Gasteiger partial charge < -0.3 is 9.84 Å². The van der Waals surface area contributed by atoms with Gasteiger partial charge in [-0.2, -0.15) is 4.72 Å². The summed E-state index contributed by atoms with van der Waals surface area (Å²) in [5.74, 6) is -0.161. The van der Waals surface area contributed by atoms with Crippen molar-refractivity contribution >= 4 is 15.9 Å². The number of benzene rings is 1. The average Bonchev–Trinajstić information content (AvgIpc) is 2.94. The van der Waals surface area contributed by atoms with Crippen LogP contribution in [-0.4, -0.2) is 25.5 Å². The highest BCUT2D eigenvalue weighted by Crippen LogP contribution is 2.29. The molecule has 0 spiro atoms. The molecule has 0 bridgehead atoms. The Balaban J connectivity index is 1.71. The maximum atomic E-state index is 12.6. The Morgan fingerprint density at radius 1 is 1.31 bits per heavy atom. The first-order chi connectivity index (χ1) is 12.3. The summed E-state index contributed by atoms with van der Waals surface area (Å²) in [6, 6.07) is 7.01. The molecule has 0 saturated carbocycles. The van der Waals surface area contributed by atoms with Crippen LogP contribution in [-0.2, 0) is 21.2 Å². The Morgan fingerprint density at radius 2 is 2.04 bits per heavy atom. The molecule has 2 atom stereocenters. The topological polar surface area (TPSA) is 101 Å². The molecule has 1 aliphatic carbocycles. The van der Waals surface area contributed by atoms with E-state index in [1.54, 1.807) is 6.92 Å². The number of nitrogens with zero attached hydrogens (tertiary/aromatic N) is 1. The minimum Gasteiger partial charge on any atom is -0.360 e. The number of carbonyl (C=O) groups is 1. The number of sulfonamides is 1. The fourth-order valence-electron chi connectivity index (χ4n) is 3.40. The van der Waals surface area contributed by atoms with Gasteiger partial charge in [0, 0.05) is 0 Å². The number of nitrogens with one attached hydrogen (secondary N) is 2. The van der Waals surface area contributed by atoms with Crippen LogP contribution in [0.4, 0.5) is 0 Å². The Hall–Kier alpha value is -2.19. The Kier molecular flexibility index (Phi) is 5.15. The summed E-state index contributed by atoms with van der Waals surface area (Å²) in [7, 11) is -3.89. The van der Waals surface area contributed by atoms with E-state index in [2.05, 4.69) is 21.3 Å². The SMILES string of the molecule is Cc1noc(C)c1S(=O)(=O)N[C@H](C)C(=O)N[C@H]1CCCc2ccccc21. The van der Waals surface area contributed by atoms with Crippen LogP contribution in [0.1, 0.15) is 48.4 Å². The van der Waals surface area contributed by atoms with Crippen molar-refractivity contribution in [2.24, 2.45) is 0 Å². The molecule has 0 aliphatic heterocycles. The van der Waals surface area contributed by atoms with Gasteiger partial charge in [0.05, 0.1) is 12.1 Å². The number of amides is 1. The van der Waals surface area contributed by atoms with Gasteiger partial charge in [0.2, 0.25) is 15.9 Å². The Morgan fingerprint density at radius 3 is 2.73 bits per heavy atom. The molecule has 7 nitrogen and oxygen atoms in total. The first-order valence-electron chi connectivity index (χ1n) is 8.63. The summed E-state index contributed by atoms with van der Waals surface area (Å²) >= 11 is 0. The number of fused-ring (bicyclic) bond motifs is 1. The lowest BCUT2D eigenvalue weighted by Gasteiger charge is -2.27. The van der Waals surface area contributed by atoms with E-state index in [1.807, 2.05) is 18.2 Å². The van der Waals surface area contributed by atoms with E-state index in [4.69, 9.17) is 4.52 Å². The highest BCUT2D eigenvalue weighted by molar-refractivity contribution is 7.89. The van der Waals surface area contributed by atoms with Crippen LogP contribution in [0.5, 0.6) is 0 Å². The van der Waals surface area contributed by atoms with Crippen molar-refractivity contribution < 1.29 is 17.7 Å². The normalized spacial score (nSPS) is 18.2. The number of carbonyl (C=O) groups excluding carboxylic acids is 1. The Bertz CT molecular complexity index is 901. The summed E-state index contributed by atoms with van der Waals surface area (Å²) in [6.07, 6.45) is 2.82. The number of hydrogen-bond donors (Lipinski definition) is 2. The maximum absolute atomic E-state index is 12.6. The van der Waals surface area contributed by atoms with Gasteiger partial charge in [0.25, 0.3) is 0 Å². The highest BCUT2D eigenvalue weighted by atomic mass is 32.2. The van der Waals surface area contributed by atoms with Crippen molar-refractivity contribution in [2.75, 3.05) is 0 Å². The molecule has 0 saturated heterocycles. The molecule has 8 heteroatoms. The summed E-state index contributed by atoms with van der Waals surface area (Å²) in [5.41, 5.74) is 2.60. The lowest BCUT2D eigenvalue weighted by Crippen LogP contribution is -2.46. The molecule has 2 N–H and O–H groups in total. The minimum absolute atomic E-state index is 0.0137. The first-order valence-corrected chi connectivity index (χ1v) is 10.1. The molecule has 1 aliphatic rings. The van der Waals surface area contributed by atoms with E-state index < -0.39 is 16.1 Å². The zero-order valence-electron chi connectivity index (χ0n) is 15.1. The summed E-state index contributed by atoms with van der Waals surface area (Å²) in [6.45, 7) is 4.60. The van der Waals surface area contributed by atoms with Crippen molar-refractivity contribution in [1.29, 1.82) is 0 Å². The molecule has 1 amide bonds. The van der Waals surface area contributed by atoms with Crippen molar-refractivity contribution in [2.45, 2.75) is 57.0 Å². The zero-order chi connectivity index (χ0) is 18.9. The molecule has 140 valence electrons. The summed E-state index contributed by atoms with van der Waals surface area (Å²) < 4.78 is 32.4. The molecule has 2 aromatic rings. The van der Waals surface area contributed by atoms with E-state index in [1.165, 1.54) is 19.4 Å². The molecular weight excluding hydrogens is 354 g/mol. The molecule has 1 aromatic carbocycles. The molecule has 0 unspecified atom stereocenters. The molecule has 26 heavy (non-hydrogen) atoms. The first kappa shape index (κ1) is 18.6. The molecule has 0 radical (unpaired) electrons. The van der Waals surface area contributed by atoms with Crippen LogP contribution in [0, 0.1) is 13.8 Å². The van der Waals surface area contributed by atoms with Crippen LogP contribution < -0.4 is 10.0 Å². The highest BCUT2D eigenvalue weighted by Gasteiger charge is 2.29. The quantitative estimate of drug-likeness (QED) is 0.831. The summed E-state index contributed by atoms with van der Waals surface area (Å²) in [4.78, 5) is 12.5. The van der Waals surface area contributed by atoms with Gasteiger partial charge in [0.15, 0.2) is 5.76 Å². The van der Waals surface area contributed by atoms with Gasteiger partial charge in [0.1, 0.15) is 10.6 Å². The standard InChI is InChI=1S/C18H23N3O4S/c1-11-17(13(3)25-20-11)26(23,24)21-12(2)18(22)19-16-10-6-8-14-7-4-5-9-15(14)16/h4-5,7,9,12,16,21H,6,8,10H2,1-3H3,(H,19,22)/t12-,16+/m1/s1. The van der Waals surface area contributed by atoms with E-state index >= 15 is 0 Å². The third-order valence-corrected chi connectivity index (χ3v) is 6.43. The second kappa shape index (κ2) is 7.20. The maximum Gasteiger partial charge on any atom is 0.246 e. The van der Waals surface area contributed by atoms with Crippen molar-refractivity contribution in [3.63, 3.8) is 0 Å². The number of aryl methyl sites for hydroxylation is 3. The van der Waals surface area contributed by atoms with Crippen LogP contribution in [0.2, 0.25) is 0 Å². The zero-order valence-corrected chi connectivity index (χ0v) is 15.9. The van der Waals surface area contributed by atoms with Gasteiger partial charge >= 0.3 is 0 Å². The molecule has 1 aromatic heterocycles. The molecule has 0 fully saturated rings. The fourth-order valence-corrected chi connectivity index (χ4v) is 4.94. The second-order valence-corrected chi connectivity index (χ2v) is 8.30. The fraction of sp³-hybridized carbons (Fsp3) is 0.444. The predicted molar refractivity (Wildman–Crippen MR) is 96.0 cm³/mol. The number of rotatable bonds is 5. The van der Waals surface area contributed by atoms with Crippen LogP contribution in [0.15, 0.2) is 33.7 Å². The third-order valence-electron chi connectivity index (χ3n) is 4.65. The van der Waals surface area contributed by atoms with Gasteiger partial charge in [-0.25, -0.2) is 8.42 Å². The van der Waals surface area contributed by atoms with Crippen molar-refractivity contribution in [3.05, 3.63) is 46.8 Å². The minimum atomic E-state index is -3.89. The van der Waals surface area contributed by atoms with Gasteiger partial charge in [-0.15, -0.1) is 0 Å². The van der Waals surface area contributed by atoms with Gasteiger partial charge in [-0.3, -0.25) is 4.79 Å². The van der Waals surface area contributed by atoms with E-state index in [0.29, 0.717) is 0 Å². The molecule has 1 heterocycles. The summed E-state index contributed by atoms with van der Waals surface area (Å²) in [5, 5.41) is 6.63. The molecular formula is C18H23N3O4S. The van der Waals surface area contributed by atoms with Crippen LogP contribution >= 0.6 is 0 Å². The van der Waals surface area contributed by atoms with E-state index in [0.717, 1.165) is 24.8 Å². The lowest BCUT2D eigenvalue weighted by atomic mass is 9.87. The van der Waals surface area contributed by atoms with E-state index in [9.17, 15) is 13.2 Å². The van der Waals surface area contributed by atoms with E-state index in [-0.39, 0.29) is 28.3 Å². The predicted octanol–water partition coefficient (Wildman–Crippen LogP) is 2.15. The number of hydrogen-bond acceptors (Lipinski definition) is 5. The van der Waals surface area contributed by atoms with Crippen molar-refractivity contribution in [1.82, 2.24) is 15.2 Å². The Labute approximate surface area is 153 Å². The average molecular weight is 377 g/mol. The number of aromatic nitrogens is 1. The smallest absolute Gasteiger partial charge is 0.246 e. The second-order valence-electron chi connectivity index (χ2n) is 6.65. The van der Waals surface area contributed by atoms with Gasteiger partial charge in [-0.05, 0) is 51.2 Å². The largest absolute Gasteiger partial charge is 0.360 e. The monoisotopic (exact) mass is 377 g/mol.